The number of hydrogen-bond acceptors (Lipinski definition) is 3. The molecule has 70 valence electrons. The van der Waals surface area contributed by atoms with Crippen LogP contribution in [0, 0.1) is 0 Å². The molecule has 0 aromatic carbocycles. The van der Waals surface area contributed by atoms with Crippen molar-refractivity contribution < 1.29 is 14.3 Å². The quantitative estimate of drug-likeness (QED) is 0.499. The molecule has 1 saturated heterocycles. The lowest BCUT2D eigenvalue weighted by Gasteiger charge is -2.02. The van der Waals surface area contributed by atoms with Gasteiger partial charge in [-0.05, 0) is 6.42 Å². The zero-order valence-electron chi connectivity index (χ0n) is 7.79. The van der Waals surface area contributed by atoms with Crippen molar-refractivity contribution in [3.05, 3.63) is 0 Å². The lowest BCUT2D eigenvalue weighted by molar-refractivity contribution is -0.138. The monoisotopic (exact) mass is 173 g/mol. The van der Waals surface area contributed by atoms with E-state index in [9.17, 15) is 9.59 Å². The molecule has 0 aromatic heterocycles. The molecule has 1 amide bonds. The lowest BCUT2D eigenvalue weighted by atomic mass is 10.4. The number of nitrogens with zero attached hydrogens (tertiary/aromatic N) is 1. The fraction of sp³-hybridized carbons (Fsp3) is 0.750. The van der Waals surface area contributed by atoms with Gasteiger partial charge in [-0.3, -0.25) is 9.59 Å². The van der Waals surface area contributed by atoms with Gasteiger partial charge in [0.05, 0.1) is 6.61 Å². The minimum Gasteiger partial charge on any atom is -0.466 e. The molecule has 0 saturated carbocycles. The summed E-state index contributed by atoms with van der Waals surface area (Å²) in [6.45, 7) is 2.17. The zero-order valence-corrected chi connectivity index (χ0v) is 7.79. The Labute approximate surface area is 72.5 Å². The molecule has 1 rings (SSSR count). The molecule has 1 aliphatic rings. The number of cyclic esters (lactones) is 1. The number of esters is 1. The van der Waals surface area contributed by atoms with Crippen molar-refractivity contribution in [1.29, 1.82) is 0 Å². The first-order valence-electron chi connectivity index (χ1n) is 3.87. The highest BCUT2D eigenvalue weighted by Gasteiger charge is 2.08. The maximum atomic E-state index is 10.1. The summed E-state index contributed by atoms with van der Waals surface area (Å²) in [7, 11) is 3.45. The molecular formula is C8H15NO3. The van der Waals surface area contributed by atoms with Crippen LogP contribution in [0.1, 0.15) is 19.8 Å². The number of hydrogen-bond donors (Lipinski definition) is 0. The largest absolute Gasteiger partial charge is 0.466 e. The number of amides is 1. The summed E-state index contributed by atoms with van der Waals surface area (Å²) in [6, 6.07) is 0. The minimum absolute atomic E-state index is 0.0463. The van der Waals surface area contributed by atoms with Crippen molar-refractivity contribution in [1.82, 2.24) is 4.90 Å². The molecule has 1 heterocycles. The Morgan fingerprint density at radius 2 is 2.00 bits per heavy atom. The van der Waals surface area contributed by atoms with Crippen LogP contribution in [0.15, 0.2) is 0 Å². The van der Waals surface area contributed by atoms with Crippen LogP contribution in [0.3, 0.4) is 0 Å². The maximum absolute atomic E-state index is 10.1. The van der Waals surface area contributed by atoms with E-state index in [0.29, 0.717) is 13.0 Å². The topological polar surface area (TPSA) is 46.6 Å². The van der Waals surface area contributed by atoms with Gasteiger partial charge in [-0.2, -0.15) is 0 Å². The van der Waals surface area contributed by atoms with E-state index < -0.39 is 0 Å². The molecule has 0 spiro atoms. The van der Waals surface area contributed by atoms with E-state index in [2.05, 4.69) is 4.74 Å². The number of carbonyl (C=O) groups is 2. The number of ether oxygens (including phenoxy) is 1. The lowest BCUT2D eigenvalue weighted by Crippen LogP contribution is -2.17. The molecule has 4 nitrogen and oxygen atoms in total. The first kappa shape index (κ1) is 10.9. The first-order valence-corrected chi connectivity index (χ1v) is 3.87. The van der Waals surface area contributed by atoms with Crippen molar-refractivity contribution in [2.75, 3.05) is 20.7 Å². The molecule has 0 unspecified atom stereocenters. The summed E-state index contributed by atoms with van der Waals surface area (Å²) in [5.41, 5.74) is 0. The Kier molecular flexibility index (Phi) is 5.08. The van der Waals surface area contributed by atoms with Gasteiger partial charge in [-0.15, -0.1) is 0 Å². The van der Waals surface area contributed by atoms with Crippen LogP contribution >= 0.6 is 0 Å². The van der Waals surface area contributed by atoms with Gasteiger partial charge < -0.3 is 9.64 Å². The fourth-order valence-electron chi connectivity index (χ4n) is 0.475. The van der Waals surface area contributed by atoms with Gasteiger partial charge in [0, 0.05) is 27.4 Å². The van der Waals surface area contributed by atoms with Gasteiger partial charge in [0.15, 0.2) is 0 Å². The van der Waals surface area contributed by atoms with Crippen LogP contribution in [0.25, 0.3) is 0 Å². The molecular weight excluding hydrogens is 158 g/mol. The van der Waals surface area contributed by atoms with E-state index in [0.717, 1.165) is 6.42 Å². The third-order valence-electron chi connectivity index (χ3n) is 1.42. The van der Waals surface area contributed by atoms with Crippen LogP contribution in [0.5, 0.6) is 0 Å². The van der Waals surface area contributed by atoms with E-state index in [-0.39, 0.29) is 11.9 Å². The van der Waals surface area contributed by atoms with E-state index >= 15 is 0 Å². The third kappa shape index (κ3) is 5.70. The second-order valence-electron chi connectivity index (χ2n) is 2.74. The Balaban J connectivity index is 0.000000202. The summed E-state index contributed by atoms with van der Waals surface area (Å²) in [5.74, 6) is 0.0463. The number of carbonyl (C=O) groups excluding carboxylic acids is 2. The molecule has 0 N–H and O–H groups in total. The Morgan fingerprint density at radius 1 is 1.50 bits per heavy atom. The SMILES string of the molecule is CC(=O)N(C)C.O=C1CCCO1. The highest BCUT2D eigenvalue weighted by Crippen LogP contribution is 2.01. The van der Waals surface area contributed by atoms with Gasteiger partial charge in [0.25, 0.3) is 0 Å². The van der Waals surface area contributed by atoms with Crippen molar-refractivity contribution in [2.45, 2.75) is 19.8 Å². The molecule has 0 radical (unpaired) electrons. The summed E-state index contributed by atoms with van der Waals surface area (Å²) in [4.78, 5) is 21.6. The van der Waals surface area contributed by atoms with Crippen molar-refractivity contribution >= 4 is 11.9 Å². The summed E-state index contributed by atoms with van der Waals surface area (Å²) < 4.78 is 4.51. The molecule has 0 aromatic rings. The highest BCUT2D eigenvalue weighted by molar-refractivity contribution is 5.72. The van der Waals surface area contributed by atoms with Crippen LogP contribution in [0.2, 0.25) is 0 Å². The van der Waals surface area contributed by atoms with Gasteiger partial charge in [0.2, 0.25) is 5.91 Å². The Hall–Kier alpha value is -1.06. The zero-order chi connectivity index (χ0) is 9.56. The first-order chi connectivity index (χ1) is 5.54. The van der Waals surface area contributed by atoms with E-state index in [1.807, 2.05) is 0 Å². The van der Waals surface area contributed by atoms with Gasteiger partial charge in [0.1, 0.15) is 0 Å². The van der Waals surface area contributed by atoms with E-state index in [1.54, 1.807) is 14.1 Å². The average molecular weight is 173 g/mol. The average Bonchev–Trinajstić information content (AvgIpc) is 2.40. The van der Waals surface area contributed by atoms with E-state index in [1.165, 1.54) is 11.8 Å². The van der Waals surface area contributed by atoms with Crippen molar-refractivity contribution in [2.24, 2.45) is 0 Å². The second-order valence-corrected chi connectivity index (χ2v) is 2.74. The molecule has 0 atom stereocenters. The predicted octanol–water partition coefficient (Wildman–Crippen LogP) is 0.418. The van der Waals surface area contributed by atoms with Gasteiger partial charge in [-0.1, -0.05) is 0 Å². The predicted molar refractivity (Wildman–Crippen MR) is 44.6 cm³/mol. The van der Waals surface area contributed by atoms with Crippen LogP contribution in [-0.4, -0.2) is 37.5 Å². The second kappa shape index (κ2) is 5.57. The maximum Gasteiger partial charge on any atom is 0.305 e. The normalized spacial score (nSPS) is 14.4. The molecule has 1 fully saturated rings. The van der Waals surface area contributed by atoms with E-state index in [4.69, 9.17) is 0 Å². The third-order valence-corrected chi connectivity index (χ3v) is 1.42. The molecule has 0 bridgehead atoms. The molecule has 12 heavy (non-hydrogen) atoms. The fourth-order valence-corrected chi connectivity index (χ4v) is 0.475. The van der Waals surface area contributed by atoms with Crippen LogP contribution in [0.4, 0.5) is 0 Å². The summed E-state index contributed by atoms with van der Waals surface area (Å²) >= 11 is 0. The molecule has 1 aliphatic heterocycles. The Bertz CT molecular complexity index is 156. The summed E-state index contributed by atoms with van der Waals surface area (Å²) in [6.07, 6.45) is 1.54. The minimum atomic E-state index is -0.0463. The summed E-state index contributed by atoms with van der Waals surface area (Å²) in [5, 5.41) is 0. The van der Waals surface area contributed by atoms with Gasteiger partial charge in [-0.25, -0.2) is 0 Å². The smallest absolute Gasteiger partial charge is 0.305 e. The molecule has 0 aliphatic carbocycles. The Morgan fingerprint density at radius 3 is 2.08 bits per heavy atom. The van der Waals surface area contributed by atoms with Crippen LogP contribution in [-0.2, 0) is 14.3 Å². The highest BCUT2D eigenvalue weighted by atomic mass is 16.5. The van der Waals surface area contributed by atoms with Crippen molar-refractivity contribution in [3.8, 4) is 0 Å². The molecule has 4 heteroatoms. The van der Waals surface area contributed by atoms with Gasteiger partial charge >= 0.3 is 5.97 Å². The van der Waals surface area contributed by atoms with Crippen LogP contribution < -0.4 is 0 Å². The standard InChI is InChI=1S/C4H9NO.C4H6O2/c1-4(6)5(2)3;5-4-2-1-3-6-4/h1-3H3;1-3H2. The van der Waals surface area contributed by atoms with Crippen molar-refractivity contribution in [3.63, 3.8) is 0 Å². The number of rotatable bonds is 0.